The minimum absolute atomic E-state index is 0.0382. The van der Waals surface area contributed by atoms with Crippen molar-refractivity contribution in [2.45, 2.75) is 117 Å². The molecule has 4 aliphatic rings. The first-order valence-corrected chi connectivity index (χ1v) is 17.2. The lowest BCUT2D eigenvalue weighted by molar-refractivity contribution is -0.166. The van der Waals surface area contributed by atoms with Gasteiger partial charge >= 0.3 is 20.8 Å². The Morgan fingerprint density at radius 1 is 0.789 bits per heavy atom. The molecule has 9 nitrogen and oxygen atoms in total. The highest BCUT2D eigenvalue weighted by molar-refractivity contribution is 7.81. The molecule has 3 N–H and O–H groups in total. The number of aliphatic hydroxyl groups is 1. The van der Waals surface area contributed by atoms with E-state index in [9.17, 15) is 31.0 Å². The SMILES string of the molecule is CC(C)CC[C@@H](O)[C@@H](C)[C@H]1CCC2C3C[C@H](OS(=O)(=O)O)C4C[C@@H](OS(=O)(=O)O)CC[C@]4(C)C3CC[C@@]21C. The van der Waals surface area contributed by atoms with E-state index in [0.29, 0.717) is 42.9 Å². The quantitative estimate of drug-likeness (QED) is 0.318. The minimum Gasteiger partial charge on any atom is -0.393 e. The van der Waals surface area contributed by atoms with E-state index in [4.69, 9.17) is 8.37 Å². The first-order valence-electron chi connectivity index (χ1n) is 14.4. The third-order valence-electron chi connectivity index (χ3n) is 11.5. The van der Waals surface area contributed by atoms with Crippen molar-refractivity contribution in [3.63, 3.8) is 0 Å². The molecule has 4 rings (SSSR count). The highest BCUT2D eigenvalue weighted by Crippen LogP contribution is 2.69. The molecule has 222 valence electrons. The zero-order chi connectivity index (χ0) is 28.3. The summed E-state index contributed by atoms with van der Waals surface area (Å²) in [4.78, 5) is 0. The lowest BCUT2D eigenvalue weighted by Gasteiger charge is -2.62. The zero-order valence-corrected chi connectivity index (χ0v) is 25.1. The van der Waals surface area contributed by atoms with Crippen LogP contribution in [0.15, 0.2) is 0 Å². The molecule has 0 bridgehead atoms. The van der Waals surface area contributed by atoms with Crippen LogP contribution >= 0.6 is 0 Å². The molecule has 0 aromatic rings. The average molecular weight is 581 g/mol. The van der Waals surface area contributed by atoms with E-state index in [1.807, 2.05) is 0 Å². The van der Waals surface area contributed by atoms with Crippen molar-refractivity contribution in [1.29, 1.82) is 0 Å². The molecular weight excluding hydrogens is 532 g/mol. The highest BCUT2D eigenvalue weighted by Gasteiger charge is 2.63. The summed E-state index contributed by atoms with van der Waals surface area (Å²) >= 11 is 0. The number of hydrogen-bond donors (Lipinski definition) is 3. The Kier molecular flexibility index (Phi) is 8.74. The summed E-state index contributed by atoms with van der Waals surface area (Å²) in [6.07, 6.45) is 5.79. The summed E-state index contributed by atoms with van der Waals surface area (Å²) in [7, 11) is -9.36. The van der Waals surface area contributed by atoms with Crippen LogP contribution < -0.4 is 0 Å². The van der Waals surface area contributed by atoms with Crippen LogP contribution in [-0.2, 0) is 29.2 Å². The molecule has 4 saturated carbocycles. The summed E-state index contributed by atoms with van der Waals surface area (Å²) in [6.45, 7) is 11.1. The highest BCUT2D eigenvalue weighted by atomic mass is 32.3. The summed E-state index contributed by atoms with van der Waals surface area (Å²) < 4.78 is 75.7. The molecule has 38 heavy (non-hydrogen) atoms. The molecule has 0 amide bonds. The molecule has 0 aromatic carbocycles. The van der Waals surface area contributed by atoms with Gasteiger partial charge in [-0.3, -0.25) is 9.11 Å². The van der Waals surface area contributed by atoms with E-state index in [1.54, 1.807) is 0 Å². The molecule has 0 radical (unpaired) electrons. The maximum atomic E-state index is 11.9. The van der Waals surface area contributed by atoms with Crippen LogP contribution in [0.5, 0.6) is 0 Å². The van der Waals surface area contributed by atoms with Gasteiger partial charge in [0.25, 0.3) is 0 Å². The fourth-order valence-electron chi connectivity index (χ4n) is 9.69. The minimum atomic E-state index is -4.72. The van der Waals surface area contributed by atoms with Crippen molar-refractivity contribution in [3.05, 3.63) is 0 Å². The molecule has 11 heteroatoms. The van der Waals surface area contributed by atoms with Gasteiger partial charge < -0.3 is 5.11 Å². The largest absolute Gasteiger partial charge is 0.397 e. The fraction of sp³-hybridized carbons (Fsp3) is 1.00. The lowest BCUT2D eigenvalue weighted by Crippen LogP contribution is -2.59. The van der Waals surface area contributed by atoms with Gasteiger partial charge in [0.2, 0.25) is 0 Å². The third kappa shape index (κ3) is 6.14. The van der Waals surface area contributed by atoms with Crippen molar-refractivity contribution >= 4 is 20.8 Å². The monoisotopic (exact) mass is 580 g/mol. The van der Waals surface area contributed by atoms with E-state index in [-0.39, 0.29) is 41.1 Å². The first kappa shape index (κ1) is 30.7. The number of aliphatic hydroxyl groups excluding tert-OH is 1. The Hall–Kier alpha value is -0.300. The summed E-state index contributed by atoms with van der Waals surface area (Å²) in [5.41, 5.74) is -0.268. The van der Waals surface area contributed by atoms with Crippen molar-refractivity contribution in [3.8, 4) is 0 Å². The number of fused-ring (bicyclic) bond motifs is 5. The van der Waals surface area contributed by atoms with Crippen molar-refractivity contribution < 1.29 is 39.4 Å². The molecule has 0 heterocycles. The number of rotatable bonds is 9. The van der Waals surface area contributed by atoms with Crippen LogP contribution in [-0.4, -0.2) is 49.4 Å². The smallest absolute Gasteiger partial charge is 0.393 e. The van der Waals surface area contributed by atoms with Gasteiger partial charge in [-0.2, -0.15) is 16.8 Å². The topological polar surface area (TPSA) is 147 Å². The van der Waals surface area contributed by atoms with E-state index >= 15 is 0 Å². The van der Waals surface area contributed by atoms with Crippen molar-refractivity contribution in [1.82, 2.24) is 0 Å². The van der Waals surface area contributed by atoms with Crippen LogP contribution in [0, 0.1) is 52.3 Å². The van der Waals surface area contributed by atoms with Gasteiger partial charge in [0.05, 0.1) is 18.3 Å². The van der Waals surface area contributed by atoms with Gasteiger partial charge in [-0.25, -0.2) is 8.37 Å². The van der Waals surface area contributed by atoms with Crippen LogP contribution in [0.25, 0.3) is 0 Å². The average Bonchev–Trinajstić information content (AvgIpc) is 3.13. The molecule has 0 aromatic heterocycles. The summed E-state index contributed by atoms with van der Waals surface area (Å²) in [6, 6.07) is 0. The Bertz CT molecular complexity index is 1060. The Labute approximate surface area is 229 Å². The van der Waals surface area contributed by atoms with E-state index < -0.39 is 33.0 Å². The van der Waals surface area contributed by atoms with Crippen LogP contribution in [0.1, 0.15) is 98.8 Å². The standard InChI is InChI=1S/C27H48O9S2/c1-16(2)6-9-24(28)17(3)20-7-8-21-19-15-25(36-38(32,33)34)23-14-18(35-37(29,30)31)10-12-27(23,5)22(19)11-13-26(20,21)4/h16-25,28H,6-15H2,1-5H3,(H,29,30,31)(H,32,33,34)/t17-,18-,19?,20+,21?,22?,23?,24+,25-,26+,27+/m0/s1. The van der Waals surface area contributed by atoms with E-state index in [2.05, 4.69) is 34.6 Å². The van der Waals surface area contributed by atoms with Gasteiger partial charge in [-0.15, -0.1) is 0 Å². The molecule has 0 aliphatic heterocycles. The van der Waals surface area contributed by atoms with E-state index in [0.717, 1.165) is 38.5 Å². The molecule has 4 aliphatic carbocycles. The third-order valence-corrected chi connectivity index (χ3v) is 12.5. The van der Waals surface area contributed by atoms with Crippen LogP contribution in [0.2, 0.25) is 0 Å². The molecule has 4 fully saturated rings. The second-order valence-electron chi connectivity index (χ2n) is 13.8. The first-order chi connectivity index (χ1) is 17.4. The molecule has 0 saturated heterocycles. The summed E-state index contributed by atoms with van der Waals surface area (Å²) in [5, 5.41) is 11.0. The van der Waals surface area contributed by atoms with Gasteiger partial charge in [-0.05, 0) is 116 Å². The molecular formula is C27H48O9S2. The molecule has 4 unspecified atom stereocenters. The van der Waals surface area contributed by atoms with Gasteiger partial charge in [-0.1, -0.05) is 34.6 Å². The van der Waals surface area contributed by atoms with Crippen LogP contribution in [0.3, 0.4) is 0 Å². The zero-order valence-electron chi connectivity index (χ0n) is 23.5. The second kappa shape index (κ2) is 10.8. The maximum Gasteiger partial charge on any atom is 0.397 e. The Morgan fingerprint density at radius 2 is 1.39 bits per heavy atom. The van der Waals surface area contributed by atoms with Gasteiger partial charge in [0.15, 0.2) is 0 Å². The molecule has 0 spiro atoms. The van der Waals surface area contributed by atoms with Crippen molar-refractivity contribution in [2.75, 3.05) is 0 Å². The molecule has 11 atom stereocenters. The Morgan fingerprint density at radius 3 is 2.00 bits per heavy atom. The van der Waals surface area contributed by atoms with Crippen molar-refractivity contribution in [2.24, 2.45) is 52.3 Å². The summed E-state index contributed by atoms with van der Waals surface area (Å²) in [5.74, 6) is 1.69. The lowest BCUT2D eigenvalue weighted by atomic mass is 9.43. The number of hydrogen-bond acceptors (Lipinski definition) is 7. The fourth-order valence-corrected chi connectivity index (χ4v) is 10.7. The normalized spacial score (nSPS) is 43.2. The predicted octanol–water partition coefficient (Wildman–Crippen LogP) is 5.06. The van der Waals surface area contributed by atoms with E-state index in [1.165, 1.54) is 0 Å². The maximum absolute atomic E-state index is 11.9. The van der Waals surface area contributed by atoms with Gasteiger partial charge in [0.1, 0.15) is 0 Å². The second-order valence-corrected chi connectivity index (χ2v) is 15.9. The predicted molar refractivity (Wildman–Crippen MR) is 143 cm³/mol. The van der Waals surface area contributed by atoms with Crippen LogP contribution in [0.4, 0.5) is 0 Å². The van der Waals surface area contributed by atoms with Gasteiger partial charge in [0, 0.05) is 0 Å². The Balaban J connectivity index is 1.59.